The number of rotatable bonds is 3. The maximum Gasteiger partial charge on any atom is 0.405 e. The molecular formula is C18H14F3N5O. The molecule has 0 spiro atoms. The van der Waals surface area contributed by atoms with Gasteiger partial charge in [0.2, 0.25) is 0 Å². The fraction of sp³-hybridized carbons (Fsp3) is 0.167. The van der Waals surface area contributed by atoms with Gasteiger partial charge >= 0.3 is 6.18 Å². The molecule has 6 nitrogen and oxygen atoms in total. The molecule has 0 amide bonds. The highest BCUT2D eigenvalue weighted by atomic mass is 19.4. The van der Waals surface area contributed by atoms with Crippen LogP contribution >= 0.6 is 0 Å². The highest BCUT2D eigenvalue weighted by Gasteiger charge is 2.26. The summed E-state index contributed by atoms with van der Waals surface area (Å²) in [4.78, 5) is 19.2. The van der Waals surface area contributed by atoms with Crippen LogP contribution in [0.4, 0.5) is 19.0 Å². The number of nitrogens with zero attached hydrogens (tertiary/aromatic N) is 3. The smallest absolute Gasteiger partial charge is 0.361 e. The summed E-state index contributed by atoms with van der Waals surface area (Å²) in [6.07, 6.45) is -2.49. The minimum Gasteiger partial charge on any atom is -0.361 e. The number of fused-ring (bicyclic) bond motifs is 2. The number of aromatic amines is 1. The van der Waals surface area contributed by atoms with Crippen LogP contribution < -0.4 is 10.9 Å². The monoisotopic (exact) mass is 373 g/mol. The van der Waals surface area contributed by atoms with E-state index in [1.54, 1.807) is 22.9 Å². The van der Waals surface area contributed by atoms with E-state index in [4.69, 9.17) is 0 Å². The molecule has 4 rings (SSSR count). The van der Waals surface area contributed by atoms with Crippen molar-refractivity contribution in [3.8, 4) is 11.1 Å². The summed E-state index contributed by atoms with van der Waals surface area (Å²) < 4.78 is 38.6. The van der Waals surface area contributed by atoms with Gasteiger partial charge in [-0.25, -0.2) is 4.98 Å². The molecule has 0 radical (unpaired) electrons. The van der Waals surface area contributed by atoms with Crippen LogP contribution in [-0.4, -0.2) is 32.5 Å². The maximum absolute atomic E-state index is 12.5. The minimum atomic E-state index is -4.35. The van der Waals surface area contributed by atoms with E-state index >= 15 is 0 Å². The highest BCUT2D eigenvalue weighted by molar-refractivity contribution is 5.87. The van der Waals surface area contributed by atoms with Gasteiger partial charge in [-0.15, -0.1) is 0 Å². The van der Waals surface area contributed by atoms with Crippen LogP contribution in [0, 0.1) is 0 Å². The molecule has 27 heavy (non-hydrogen) atoms. The molecule has 4 aromatic rings. The van der Waals surface area contributed by atoms with Crippen molar-refractivity contribution in [3.05, 3.63) is 52.9 Å². The van der Waals surface area contributed by atoms with Crippen LogP contribution in [0.2, 0.25) is 0 Å². The predicted octanol–water partition coefficient (Wildman–Crippen LogP) is 3.45. The number of alkyl halides is 3. The summed E-state index contributed by atoms with van der Waals surface area (Å²) in [5, 5.41) is 8.02. The maximum atomic E-state index is 12.5. The molecule has 3 heterocycles. The molecular weight excluding hydrogens is 359 g/mol. The molecule has 0 aliphatic rings. The van der Waals surface area contributed by atoms with Crippen molar-refractivity contribution in [1.82, 2.24) is 19.7 Å². The molecule has 2 N–H and O–H groups in total. The molecule has 0 bridgehead atoms. The second-order valence-electron chi connectivity index (χ2n) is 6.19. The van der Waals surface area contributed by atoms with Gasteiger partial charge in [0.05, 0.1) is 5.52 Å². The summed E-state index contributed by atoms with van der Waals surface area (Å²) >= 11 is 0. The van der Waals surface area contributed by atoms with Gasteiger partial charge in [-0.2, -0.15) is 18.3 Å². The number of halogens is 3. The molecule has 0 saturated carbocycles. The first-order valence-corrected chi connectivity index (χ1v) is 8.07. The Kier molecular flexibility index (Phi) is 3.87. The van der Waals surface area contributed by atoms with Crippen molar-refractivity contribution in [2.75, 3.05) is 11.9 Å². The lowest BCUT2D eigenvalue weighted by molar-refractivity contribution is -0.115. The van der Waals surface area contributed by atoms with E-state index in [9.17, 15) is 18.0 Å². The first-order chi connectivity index (χ1) is 12.8. The van der Waals surface area contributed by atoms with Crippen molar-refractivity contribution in [1.29, 1.82) is 0 Å². The van der Waals surface area contributed by atoms with Crippen LogP contribution in [0.3, 0.4) is 0 Å². The van der Waals surface area contributed by atoms with Gasteiger partial charge in [0.1, 0.15) is 18.0 Å². The fourth-order valence-electron chi connectivity index (χ4n) is 2.90. The Morgan fingerprint density at radius 3 is 2.74 bits per heavy atom. The number of nitrogens with one attached hydrogen (secondary N) is 2. The van der Waals surface area contributed by atoms with Crippen LogP contribution in [0.1, 0.15) is 0 Å². The second kappa shape index (κ2) is 6.11. The Morgan fingerprint density at radius 1 is 1.15 bits per heavy atom. The minimum absolute atomic E-state index is 0.0417. The molecule has 138 valence electrons. The number of pyridine rings is 2. The molecule has 0 fully saturated rings. The zero-order valence-corrected chi connectivity index (χ0v) is 14.1. The van der Waals surface area contributed by atoms with Crippen LogP contribution in [-0.2, 0) is 7.05 Å². The van der Waals surface area contributed by atoms with Crippen LogP contribution in [0.25, 0.3) is 33.1 Å². The van der Waals surface area contributed by atoms with E-state index in [0.717, 1.165) is 16.5 Å². The molecule has 9 heteroatoms. The number of hydrogen-bond acceptors (Lipinski definition) is 4. The van der Waals surface area contributed by atoms with Gasteiger partial charge in [-0.3, -0.25) is 9.48 Å². The Morgan fingerprint density at radius 2 is 1.96 bits per heavy atom. The number of benzene rings is 1. The summed E-state index contributed by atoms with van der Waals surface area (Å²) in [7, 11) is 1.82. The van der Waals surface area contributed by atoms with Crippen molar-refractivity contribution in [2.45, 2.75) is 6.18 Å². The van der Waals surface area contributed by atoms with E-state index in [2.05, 4.69) is 20.4 Å². The number of hydrogen-bond donors (Lipinski definition) is 2. The number of aromatic nitrogens is 4. The lowest BCUT2D eigenvalue weighted by atomic mass is 10.0. The second-order valence-corrected chi connectivity index (χ2v) is 6.19. The third-order valence-electron chi connectivity index (χ3n) is 4.10. The number of H-pyrrole nitrogens is 1. The van der Waals surface area contributed by atoms with Crippen molar-refractivity contribution in [3.63, 3.8) is 0 Å². The summed E-state index contributed by atoms with van der Waals surface area (Å²) in [5.41, 5.74) is 1.84. The number of aryl methyl sites for hydroxylation is 1. The Balaban J connectivity index is 1.73. The first kappa shape index (κ1) is 17.1. The molecule has 0 atom stereocenters. The van der Waals surface area contributed by atoms with E-state index < -0.39 is 12.7 Å². The van der Waals surface area contributed by atoms with Gasteiger partial charge in [-0.05, 0) is 35.9 Å². The van der Waals surface area contributed by atoms with E-state index in [1.165, 1.54) is 6.07 Å². The standard InChI is InChI=1S/C18H14F3N5O/c1-26-8-12-6-10(2-4-14(12)25-26)13-7-11-3-5-15(22-9-18(19,20)21)23-16(11)24-17(13)27/h2-8H,9H2,1H3,(H2,22,23,24,27). The van der Waals surface area contributed by atoms with Gasteiger partial charge in [-0.1, -0.05) is 6.07 Å². The van der Waals surface area contributed by atoms with Crippen LogP contribution in [0.5, 0.6) is 0 Å². The highest BCUT2D eigenvalue weighted by Crippen LogP contribution is 2.24. The lowest BCUT2D eigenvalue weighted by Crippen LogP contribution is -2.21. The molecule has 0 unspecified atom stereocenters. The first-order valence-electron chi connectivity index (χ1n) is 8.07. The van der Waals surface area contributed by atoms with E-state index in [-0.39, 0.29) is 17.0 Å². The average molecular weight is 373 g/mol. The molecule has 1 aromatic carbocycles. The summed E-state index contributed by atoms with van der Waals surface area (Å²) in [6.45, 7) is -1.20. The largest absolute Gasteiger partial charge is 0.405 e. The zero-order valence-electron chi connectivity index (χ0n) is 14.1. The quantitative estimate of drug-likeness (QED) is 0.577. The zero-order chi connectivity index (χ0) is 19.2. The van der Waals surface area contributed by atoms with E-state index in [0.29, 0.717) is 10.9 Å². The Bertz CT molecular complexity index is 1210. The van der Waals surface area contributed by atoms with Gasteiger partial charge in [0, 0.05) is 29.6 Å². The predicted molar refractivity (Wildman–Crippen MR) is 96.6 cm³/mol. The molecule has 0 saturated heterocycles. The van der Waals surface area contributed by atoms with Gasteiger partial charge in [0.15, 0.2) is 0 Å². The molecule has 0 aliphatic heterocycles. The van der Waals surface area contributed by atoms with Crippen molar-refractivity contribution >= 4 is 27.8 Å². The van der Waals surface area contributed by atoms with Gasteiger partial charge in [0.25, 0.3) is 5.56 Å². The third-order valence-corrected chi connectivity index (χ3v) is 4.10. The Labute approximate surface area is 150 Å². The van der Waals surface area contributed by atoms with Crippen LogP contribution in [0.15, 0.2) is 47.4 Å². The molecule has 0 aliphatic carbocycles. The summed E-state index contributed by atoms with van der Waals surface area (Å²) in [6, 6.07) is 10.2. The number of anilines is 1. The average Bonchev–Trinajstić information content (AvgIpc) is 2.97. The molecule has 3 aromatic heterocycles. The Hall–Kier alpha value is -3.36. The normalized spacial score (nSPS) is 12.0. The SMILES string of the molecule is Cn1cc2cc(-c3cc4ccc(NCC(F)(F)F)nc4[nH]c3=O)ccc2n1. The third kappa shape index (κ3) is 3.48. The van der Waals surface area contributed by atoms with Crippen molar-refractivity contribution < 1.29 is 13.2 Å². The lowest BCUT2D eigenvalue weighted by Gasteiger charge is -2.09. The summed E-state index contributed by atoms with van der Waals surface area (Å²) in [5.74, 6) is 0.0417. The van der Waals surface area contributed by atoms with E-state index in [1.807, 2.05) is 25.4 Å². The van der Waals surface area contributed by atoms with Crippen molar-refractivity contribution in [2.24, 2.45) is 7.05 Å². The van der Waals surface area contributed by atoms with Gasteiger partial charge < -0.3 is 10.3 Å². The fourth-order valence-corrected chi connectivity index (χ4v) is 2.90. The topological polar surface area (TPSA) is 75.6 Å².